The number of carboxylic acids is 1. The van der Waals surface area contributed by atoms with Crippen LogP contribution in [0.3, 0.4) is 0 Å². The zero-order valence-electron chi connectivity index (χ0n) is 11.6. The number of carbonyl (C=O) groups is 2. The molecule has 0 saturated heterocycles. The lowest BCUT2D eigenvalue weighted by atomic mass is 10.1. The topological polar surface area (TPSA) is 66.4 Å². The highest BCUT2D eigenvalue weighted by molar-refractivity contribution is 9.10. The first-order valence-corrected chi connectivity index (χ1v) is 7.09. The van der Waals surface area contributed by atoms with E-state index in [1.807, 2.05) is 13.0 Å². The summed E-state index contributed by atoms with van der Waals surface area (Å²) in [5.41, 5.74) is 3.03. The van der Waals surface area contributed by atoms with Crippen molar-refractivity contribution in [3.05, 3.63) is 63.1 Å². The highest BCUT2D eigenvalue weighted by atomic mass is 79.9. The molecule has 0 aromatic heterocycles. The van der Waals surface area contributed by atoms with Crippen molar-refractivity contribution in [3.63, 3.8) is 0 Å². The van der Waals surface area contributed by atoms with Gasteiger partial charge in [0.25, 0.3) is 5.91 Å². The van der Waals surface area contributed by atoms with Crippen LogP contribution in [-0.4, -0.2) is 17.0 Å². The Labute approximate surface area is 130 Å². The fourth-order valence-electron chi connectivity index (χ4n) is 1.92. The molecule has 108 valence electrons. The van der Waals surface area contributed by atoms with E-state index in [1.54, 1.807) is 25.1 Å². The molecule has 0 heterocycles. The minimum atomic E-state index is -0.987. The highest BCUT2D eigenvalue weighted by Crippen LogP contribution is 2.20. The summed E-state index contributed by atoms with van der Waals surface area (Å²) in [5.74, 6) is -1.21. The van der Waals surface area contributed by atoms with E-state index in [4.69, 9.17) is 5.11 Å². The molecule has 2 aromatic carbocycles. The van der Waals surface area contributed by atoms with Gasteiger partial charge in [0.15, 0.2) is 0 Å². The maximum Gasteiger partial charge on any atom is 0.335 e. The molecule has 0 saturated carbocycles. The Morgan fingerprint density at radius 3 is 2.19 bits per heavy atom. The largest absolute Gasteiger partial charge is 0.478 e. The zero-order valence-corrected chi connectivity index (χ0v) is 13.2. The number of aromatic carboxylic acids is 1. The summed E-state index contributed by atoms with van der Waals surface area (Å²) in [6, 6.07) is 9.95. The van der Waals surface area contributed by atoms with Crippen molar-refractivity contribution in [3.8, 4) is 0 Å². The van der Waals surface area contributed by atoms with Crippen molar-refractivity contribution in [2.45, 2.75) is 13.8 Å². The molecule has 1 amide bonds. The molecule has 0 bridgehead atoms. The van der Waals surface area contributed by atoms with Crippen LogP contribution in [0.5, 0.6) is 0 Å². The number of anilines is 1. The second kappa shape index (κ2) is 6.10. The number of aryl methyl sites for hydroxylation is 2. The lowest BCUT2D eigenvalue weighted by Gasteiger charge is -2.10. The van der Waals surface area contributed by atoms with Gasteiger partial charge in [0.05, 0.1) is 5.56 Å². The Kier molecular flexibility index (Phi) is 4.43. The van der Waals surface area contributed by atoms with Crippen LogP contribution in [-0.2, 0) is 0 Å². The zero-order chi connectivity index (χ0) is 15.6. The van der Waals surface area contributed by atoms with Crippen molar-refractivity contribution in [2.75, 3.05) is 5.32 Å². The van der Waals surface area contributed by atoms with Gasteiger partial charge in [-0.1, -0.05) is 15.9 Å². The van der Waals surface area contributed by atoms with Gasteiger partial charge < -0.3 is 10.4 Å². The monoisotopic (exact) mass is 347 g/mol. The molecule has 0 unspecified atom stereocenters. The second-order valence-corrected chi connectivity index (χ2v) is 5.61. The molecule has 0 radical (unpaired) electrons. The fourth-order valence-corrected chi connectivity index (χ4v) is 2.16. The number of hydrogen-bond donors (Lipinski definition) is 2. The molecular formula is C16H14BrNO3. The van der Waals surface area contributed by atoms with Crippen molar-refractivity contribution in [2.24, 2.45) is 0 Å². The van der Waals surface area contributed by atoms with Crippen molar-refractivity contribution >= 4 is 33.5 Å². The van der Waals surface area contributed by atoms with Crippen LogP contribution < -0.4 is 5.32 Å². The maximum atomic E-state index is 12.2. The summed E-state index contributed by atoms with van der Waals surface area (Å²) < 4.78 is 0.945. The van der Waals surface area contributed by atoms with Gasteiger partial charge in [-0.05, 0) is 61.4 Å². The molecule has 2 rings (SSSR count). The third-order valence-corrected chi connectivity index (χ3v) is 4.03. The van der Waals surface area contributed by atoms with E-state index < -0.39 is 5.97 Å². The number of rotatable bonds is 3. The molecule has 21 heavy (non-hydrogen) atoms. The molecule has 2 N–H and O–H groups in total. The number of carboxylic acid groups (broad SMARTS) is 1. The summed E-state index contributed by atoms with van der Waals surface area (Å²) in [6.45, 7) is 3.67. The number of hydrogen-bond acceptors (Lipinski definition) is 2. The van der Waals surface area contributed by atoms with Gasteiger partial charge in [-0.2, -0.15) is 0 Å². The Hall–Kier alpha value is -2.14. The van der Waals surface area contributed by atoms with Crippen LogP contribution in [0.1, 0.15) is 31.8 Å². The predicted octanol–water partition coefficient (Wildman–Crippen LogP) is 4.02. The molecule has 0 aliphatic heterocycles. The average molecular weight is 348 g/mol. The summed E-state index contributed by atoms with van der Waals surface area (Å²) in [6.07, 6.45) is 0. The molecule has 5 heteroatoms. The number of carbonyl (C=O) groups excluding carboxylic acids is 1. The van der Waals surface area contributed by atoms with Crippen LogP contribution >= 0.6 is 15.9 Å². The summed E-state index contributed by atoms with van der Waals surface area (Å²) >= 11 is 3.39. The summed E-state index contributed by atoms with van der Waals surface area (Å²) in [5, 5.41) is 11.7. The van der Waals surface area contributed by atoms with Crippen molar-refractivity contribution in [1.29, 1.82) is 0 Å². The maximum absolute atomic E-state index is 12.2. The number of nitrogens with one attached hydrogen (secondary N) is 1. The normalized spacial score (nSPS) is 10.2. The Morgan fingerprint density at radius 2 is 1.62 bits per heavy atom. The standard InChI is InChI=1S/C16H14BrNO3/c1-9-7-11(3-5-13(9)17)15(19)18-14-6-4-12(16(20)21)8-10(14)2/h3-8H,1-2H3,(H,18,19)(H,20,21). The lowest BCUT2D eigenvalue weighted by molar-refractivity contribution is 0.0696. The van der Waals surface area contributed by atoms with Gasteiger partial charge in [0.1, 0.15) is 0 Å². The SMILES string of the molecule is Cc1cc(C(=O)Nc2ccc(C(=O)O)cc2C)ccc1Br. The van der Waals surface area contributed by atoms with Crippen LogP contribution in [0.2, 0.25) is 0 Å². The molecular weight excluding hydrogens is 334 g/mol. The molecule has 0 spiro atoms. The minimum Gasteiger partial charge on any atom is -0.478 e. The van der Waals surface area contributed by atoms with Gasteiger partial charge in [0.2, 0.25) is 0 Å². The molecule has 0 aliphatic rings. The highest BCUT2D eigenvalue weighted by Gasteiger charge is 2.10. The van der Waals surface area contributed by atoms with E-state index in [0.29, 0.717) is 16.8 Å². The molecule has 2 aromatic rings. The van der Waals surface area contributed by atoms with Gasteiger partial charge in [-0.15, -0.1) is 0 Å². The number of benzene rings is 2. The fraction of sp³-hybridized carbons (Fsp3) is 0.125. The van der Waals surface area contributed by atoms with Gasteiger partial charge >= 0.3 is 5.97 Å². The van der Waals surface area contributed by atoms with Crippen LogP contribution in [0.15, 0.2) is 40.9 Å². The van der Waals surface area contributed by atoms with Crippen LogP contribution in [0, 0.1) is 13.8 Å². The van der Waals surface area contributed by atoms with Gasteiger partial charge in [0, 0.05) is 15.7 Å². The second-order valence-electron chi connectivity index (χ2n) is 4.75. The smallest absolute Gasteiger partial charge is 0.335 e. The molecule has 0 fully saturated rings. The average Bonchev–Trinajstić information content (AvgIpc) is 2.43. The third-order valence-electron chi connectivity index (χ3n) is 3.14. The number of amides is 1. The van der Waals surface area contributed by atoms with Gasteiger partial charge in [-0.3, -0.25) is 4.79 Å². The van der Waals surface area contributed by atoms with E-state index in [2.05, 4.69) is 21.2 Å². The molecule has 4 nitrogen and oxygen atoms in total. The Morgan fingerprint density at radius 1 is 1.00 bits per heavy atom. The third kappa shape index (κ3) is 3.49. The molecule has 0 aliphatic carbocycles. The first-order valence-electron chi connectivity index (χ1n) is 6.30. The van der Waals surface area contributed by atoms with Crippen molar-refractivity contribution in [1.82, 2.24) is 0 Å². The van der Waals surface area contributed by atoms with Gasteiger partial charge in [-0.25, -0.2) is 4.79 Å². The minimum absolute atomic E-state index is 0.199. The van der Waals surface area contributed by atoms with E-state index >= 15 is 0 Å². The molecule has 0 atom stereocenters. The predicted molar refractivity (Wildman–Crippen MR) is 85.0 cm³/mol. The van der Waals surface area contributed by atoms with Crippen LogP contribution in [0.4, 0.5) is 5.69 Å². The van der Waals surface area contributed by atoms with Crippen molar-refractivity contribution < 1.29 is 14.7 Å². The Balaban J connectivity index is 2.23. The lowest BCUT2D eigenvalue weighted by Crippen LogP contribution is -2.13. The summed E-state index contributed by atoms with van der Waals surface area (Å²) in [7, 11) is 0. The number of halogens is 1. The quantitative estimate of drug-likeness (QED) is 0.881. The first-order chi connectivity index (χ1) is 9.88. The van der Waals surface area contributed by atoms with E-state index in [0.717, 1.165) is 10.0 Å². The van der Waals surface area contributed by atoms with E-state index in [9.17, 15) is 9.59 Å². The van der Waals surface area contributed by atoms with E-state index in [1.165, 1.54) is 12.1 Å². The summed E-state index contributed by atoms with van der Waals surface area (Å²) in [4.78, 5) is 23.1. The van der Waals surface area contributed by atoms with Crippen LogP contribution in [0.25, 0.3) is 0 Å². The Bertz CT molecular complexity index is 725. The van der Waals surface area contributed by atoms with E-state index in [-0.39, 0.29) is 11.5 Å². The first kappa shape index (κ1) is 15.3.